The molecule has 3 nitrogen and oxygen atoms in total. The lowest BCUT2D eigenvalue weighted by atomic mass is 10.2. The van der Waals surface area contributed by atoms with Crippen LogP contribution in [0.1, 0.15) is 20.8 Å². The van der Waals surface area contributed by atoms with Gasteiger partial charge in [-0.3, -0.25) is 4.99 Å². The molecule has 0 rings (SSSR count). The van der Waals surface area contributed by atoms with Crippen LogP contribution in [0.3, 0.4) is 0 Å². The van der Waals surface area contributed by atoms with Crippen LogP contribution in [0.2, 0.25) is 0 Å². The summed E-state index contributed by atoms with van der Waals surface area (Å²) in [5, 5.41) is 3.14. The van der Waals surface area contributed by atoms with E-state index in [-0.39, 0.29) is 0 Å². The zero-order valence-corrected chi connectivity index (χ0v) is 9.82. The lowest BCUT2D eigenvalue weighted by Gasteiger charge is -2.13. The Hall–Kier alpha value is -0.380. The maximum Gasteiger partial charge on any atom is 0.188 e. The molecule has 0 spiro atoms. The van der Waals surface area contributed by atoms with E-state index in [0.29, 0.717) is 17.9 Å². The van der Waals surface area contributed by atoms with Gasteiger partial charge in [0.2, 0.25) is 0 Å². The van der Waals surface area contributed by atoms with E-state index in [2.05, 4.69) is 37.3 Å². The zero-order valence-electron chi connectivity index (χ0n) is 9.00. The smallest absolute Gasteiger partial charge is 0.188 e. The van der Waals surface area contributed by atoms with Gasteiger partial charge in [0.1, 0.15) is 0 Å². The summed E-state index contributed by atoms with van der Waals surface area (Å²) < 4.78 is 0. The van der Waals surface area contributed by atoms with Gasteiger partial charge < -0.3 is 11.1 Å². The summed E-state index contributed by atoms with van der Waals surface area (Å²) in [7, 11) is 0. The molecule has 1 unspecified atom stereocenters. The van der Waals surface area contributed by atoms with Crippen molar-refractivity contribution in [2.45, 2.75) is 26.8 Å². The number of nitrogens with two attached hydrogens (primary N) is 1. The summed E-state index contributed by atoms with van der Waals surface area (Å²) in [5.41, 5.74) is 5.68. The molecule has 0 aromatic heterocycles. The lowest BCUT2D eigenvalue weighted by molar-refractivity contribution is 0.655. The van der Waals surface area contributed by atoms with Crippen molar-refractivity contribution in [3.8, 4) is 0 Å². The fourth-order valence-corrected chi connectivity index (χ4v) is 1.45. The summed E-state index contributed by atoms with van der Waals surface area (Å²) in [4.78, 5) is 4.22. The molecular weight excluding hydrogens is 182 g/mol. The molecule has 4 heteroatoms. The average molecular weight is 203 g/mol. The fraction of sp³-hybridized carbons (Fsp3) is 0.889. The first kappa shape index (κ1) is 12.6. The number of guanidine groups is 1. The minimum absolute atomic E-state index is 0.394. The number of aliphatic imine (C=N–C) groups is 1. The second-order valence-electron chi connectivity index (χ2n) is 3.62. The Balaban J connectivity index is 3.70. The third kappa shape index (κ3) is 7.96. The number of hydrogen-bond donors (Lipinski definition) is 2. The Labute approximate surface area is 85.6 Å². The van der Waals surface area contributed by atoms with Gasteiger partial charge in [-0.15, -0.1) is 0 Å². The van der Waals surface area contributed by atoms with Crippen LogP contribution in [-0.4, -0.2) is 30.6 Å². The van der Waals surface area contributed by atoms with E-state index in [1.807, 2.05) is 0 Å². The Morgan fingerprint density at radius 2 is 2.08 bits per heavy atom. The van der Waals surface area contributed by atoms with Crippen LogP contribution < -0.4 is 11.1 Å². The van der Waals surface area contributed by atoms with Crippen molar-refractivity contribution in [3.05, 3.63) is 0 Å². The number of hydrogen-bond acceptors (Lipinski definition) is 2. The summed E-state index contributed by atoms with van der Waals surface area (Å²) >= 11 is 1.80. The van der Waals surface area contributed by atoms with E-state index >= 15 is 0 Å². The van der Waals surface area contributed by atoms with E-state index in [9.17, 15) is 0 Å². The van der Waals surface area contributed by atoms with Gasteiger partial charge in [0.15, 0.2) is 5.96 Å². The van der Waals surface area contributed by atoms with Crippen molar-refractivity contribution >= 4 is 17.7 Å². The number of nitrogens with one attached hydrogen (secondary N) is 1. The molecule has 0 heterocycles. The number of rotatable bonds is 5. The summed E-state index contributed by atoms with van der Waals surface area (Å²) in [5.74, 6) is 2.18. The first-order chi connectivity index (χ1) is 6.06. The zero-order chi connectivity index (χ0) is 10.3. The minimum Gasteiger partial charge on any atom is -0.370 e. The molecule has 0 aliphatic heterocycles. The molecule has 1 atom stereocenters. The van der Waals surface area contributed by atoms with E-state index in [1.54, 1.807) is 11.8 Å². The molecule has 78 valence electrons. The van der Waals surface area contributed by atoms with Crippen molar-refractivity contribution < 1.29 is 0 Å². The van der Waals surface area contributed by atoms with Crippen molar-refractivity contribution in [1.82, 2.24) is 5.32 Å². The van der Waals surface area contributed by atoms with Gasteiger partial charge in [0.25, 0.3) is 0 Å². The maximum atomic E-state index is 5.68. The predicted octanol–water partition coefficient (Wildman–Crippen LogP) is 1.30. The molecule has 0 aliphatic carbocycles. The van der Waals surface area contributed by atoms with E-state index in [4.69, 9.17) is 5.73 Å². The van der Waals surface area contributed by atoms with Crippen LogP contribution in [0, 0.1) is 5.92 Å². The van der Waals surface area contributed by atoms with Crippen LogP contribution in [0.15, 0.2) is 4.99 Å². The molecule has 0 radical (unpaired) electrons. The highest BCUT2D eigenvalue weighted by Crippen LogP contribution is 1.96. The number of nitrogens with zero attached hydrogens (tertiary/aromatic N) is 1. The molecule has 0 aliphatic rings. The van der Waals surface area contributed by atoms with Gasteiger partial charge >= 0.3 is 0 Å². The lowest BCUT2D eigenvalue weighted by Crippen LogP contribution is -2.39. The van der Waals surface area contributed by atoms with Crippen LogP contribution in [0.5, 0.6) is 0 Å². The second kappa shape index (κ2) is 7.06. The van der Waals surface area contributed by atoms with Crippen LogP contribution in [0.25, 0.3) is 0 Å². The van der Waals surface area contributed by atoms with Crippen molar-refractivity contribution in [2.24, 2.45) is 16.6 Å². The quantitative estimate of drug-likeness (QED) is 0.523. The molecule has 3 N–H and O–H groups in total. The Morgan fingerprint density at radius 1 is 1.46 bits per heavy atom. The molecule has 0 saturated carbocycles. The Morgan fingerprint density at radius 3 is 2.54 bits per heavy atom. The minimum atomic E-state index is 0.394. The summed E-state index contributed by atoms with van der Waals surface area (Å²) in [6, 6.07) is 0.394. The normalized spacial score (nSPS) is 14.7. The second-order valence-corrected chi connectivity index (χ2v) is 4.53. The van der Waals surface area contributed by atoms with Crippen molar-refractivity contribution in [3.63, 3.8) is 0 Å². The van der Waals surface area contributed by atoms with Gasteiger partial charge in [0.05, 0.1) is 0 Å². The standard InChI is InChI=1S/C9H21N3S/c1-7(2)5-11-9(10)12-8(3)6-13-4/h7-8H,5-6H2,1-4H3,(H3,10,11,12). The largest absolute Gasteiger partial charge is 0.370 e. The first-order valence-corrected chi connectivity index (χ1v) is 6.01. The average Bonchev–Trinajstić information content (AvgIpc) is 2.01. The van der Waals surface area contributed by atoms with Gasteiger partial charge in [-0.2, -0.15) is 11.8 Å². The maximum absolute atomic E-state index is 5.68. The van der Waals surface area contributed by atoms with E-state index in [0.717, 1.165) is 12.3 Å². The first-order valence-electron chi connectivity index (χ1n) is 4.61. The highest BCUT2D eigenvalue weighted by Gasteiger charge is 2.00. The predicted molar refractivity (Wildman–Crippen MR) is 62.3 cm³/mol. The molecule has 13 heavy (non-hydrogen) atoms. The van der Waals surface area contributed by atoms with Crippen LogP contribution in [0.4, 0.5) is 0 Å². The molecule has 0 bridgehead atoms. The third-order valence-corrected chi connectivity index (χ3v) is 2.27. The molecule has 0 saturated heterocycles. The van der Waals surface area contributed by atoms with Gasteiger partial charge in [-0.1, -0.05) is 13.8 Å². The molecule has 0 aromatic carbocycles. The highest BCUT2D eigenvalue weighted by molar-refractivity contribution is 7.98. The van der Waals surface area contributed by atoms with Crippen molar-refractivity contribution in [1.29, 1.82) is 0 Å². The van der Waals surface area contributed by atoms with Crippen molar-refractivity contribution in [2.75, 3.05) is 18.6 Å². The molecular formula is C9H21N3S. The van der Waals surface area contributed by atoms with Gasteiger partial charge in [-0.05, 0) is 19.1 Å². The topological polar surface area (TPSA) is 50.4 Å². The SMILES string of the molecule is CSCC(C)NC(N)=NCC(C)C. The summed E-state index contributed by atoms with van der Waals surface area (Å²) in [6.45, 7) is 7.16. The Kier molecular flexibility index (Phi) is 6.86. The summed E-state index contributed by atoms with van der Waals surface area (Å²) in [6.07, 6.45) is 2.08. The van der Waals surface area contributed by atoms with E-state index < -0.39 is 0 Å². The highest BCUT2D eigenvalue weighted by atomic mass is 32.2. The monoisotopic (exact) mass is 203 g/mol. The molecule has 0 aromatic rings. The third-order valence-electron chi connectivity index (χ3n) is 1.44. The van der Waals surface area contributed by atoms with E-state index in [1.165, 1.54) is 0 Å². The molecule has 0 fully saturated rings. The van der Waals surface area contributed by atoms with Gasteiger partial charge in [-0.25, -0.2) is 0 Å². The fourth-order valence-electron chi connectivity index (χ4n) is 0.871. The Bertz CT molecular complexity index is 157. The van der Waals surface area contributed by atoms with Crippen LogP contribution in [-0.2, 0) is 0 Å². The van der Waals surface area contributed by atoms with Gasteiger partial charge in [0, 0.05) is 18.3 Å². The molecule has 0 amide bonds. The number of thioether (sulfide) groups is 1. The van der Waals surface area contributed by atoms with Crippen LogP contribution >= 0.6 is 11.8 Å².